The zero-order valence-electron chi connectivity index (χ0n) is 8.25. The van der Waals surface area contributed by atoms with E-state index >= 15 is 0 Å². The number of amides is 1. The highest BCUT2D eigenvalue weighted by molar-refractivity contribution is 5.47. The summed E-state index contributed by atoms with van der Waals surface area (Å²) in [6.07, 6.45) is 2.94. The highest BCUT2D eigenvalue weighted by Crippen LogP contribution is 2.05. The Balaban J connectivity index is 3.84. The third kappa shape index (κ3) is 3.72. The van der Waals surface area contributed by atoms with E-state index in [-0.39, 0.29) is 0 Å². The molecule has 1 amide bonds. The molecule has 0 atom stereocenters. The summed E-state index contributed by atoms with van der Waals surface area (Å²) in [6, 6.07) is 0.373. The van der Waals surface area contributed by atoms with Gasteiger partial charge in [0.25, 0.3) is 0 Å². The van der Waals surface area contributed by atoms with Gasteiger partial charge in [-0.15, -0.1) is 0 Å². The van der Waals surface area contributed by atoms with E-state index < -0.39 is 0 Å². The summed E-state index contributed by atoms with van der Waals surface area (Å²) in [4.78, 5) is 12.4. The topological polar surface area (TPSA) is 29.5 Å². The van der Waals surface area contributed by atoms with Crippen LogP contribution in [0.25, 0.3) is 0 Å². The van der Waals surface area contributed by atoms with Crippen molar-refractivity contribution in [3.63, 3.8) is 0 Å². The van der Waals surface area contributed by atoms with Crippen LogP contribution < -0.4 is 0 Å². The Morgan fingerprint density at radius 1 is 1.42 bits per heavy atom. The zero-order chi connectivity index (χ0) is 9.40. The van der Waals surface area contributed by atoms with E-state index in [1.807, 2.05) is 4.90 Å². The Labute approximate surface area is 74.7 Å². The maximum Gasteiger partial charge on any atom is 0.210 e. The highest BCUT2D eigenvalue weighted by atomic mass is 16.5. The number of carbonyl (C=O) groups excluding carboxylic acids is 1. The molecular weight excluding hydrogens is 154 g/mol. The van der Waals surface area contributed by atoms with E-state index in [9.17, 15) is 4.79 Å². The van der Waals surface area contributed by atoms with Crippen molar-refractivity contribution in [2.24, 2.45) is 0 Å². The van der Waals surface area contributed by atoms with Crippen molar-refractivity contribution in [3.8, 4) is 0 Å². The second-order valence-electron chi connectivity index (χ2n) is 2.81. The van der Waals surface area contributed by atoms with E-state index in [2.05, 4.69) is 13.8 Å². The molecule has 0 saturated heterocycles. The van der Waals surface area contributed by atoms with Crippen LogP contribution in [0.4, 0.5) is 0 Å². The Morgan fingerprint density at radius 2 is 2.00 bits per heavy atom. The van der Waals surface area contributed by atoms with Gasteiger partial charge >= 0.3 is 0 Å². The van der Waals surface area contributed by atoms with Gasteiger partial charge in [-0.25, -0.2) is 0 Å². The first-order valence-electron chi connectivity index (χ1n) is 4.50. The molecule has 0 aliphatic carbocycles. The minimum Gasteiger partial charge on any atom is -0.383 e. The molecule has 0 heterocycles. The number of hydrogen-bond acceptors (Lipinski definition) is 2. The van der Waals surface area contributed by atoms with Crippen LogP contribution in [0.2, 0.25) is 0 Å². The van der Waals surface area contributed by atoms with Gasteiger partial charge in [0.05, 0.1) is 6.61 Å². The molecule has 0 radical (unpaired) electrons. The lowest BCUT2D eigenvalue weighted by Crippen LogP contribution is -2.35. The SMILES string of the molecule is CCC(CC)N(C=O)CCOC. The number of ether oxygens (including phenoxy) is 1. The fourth-order valence-corrected chi connectivity index (χ4v) is 1.28. The molecule has 0 spiro atoms. The van der Waals surface area contributed by atoms with Gasteiger partial charge in [-0.3, -0.25) is 4.79 Å². The summed E-state index contributed by atoms with van der Waals surface area (Å²) in [5.74, 6) is 0. The molecule has 0 N–H and O–H groups in total. The second-order valence-corrected chi connectivity index (χ2v) is 2.81. The molecule has 72 valence electrons. The standard InChI is InChI=1S/C9H19NO2/c1-4-9(5-2)10(8-11)6-7-12-3/h8-9H,4-7H2,1-3H3. The van der Waals surface area contributed by atoms with Gasteiger partial charge in [0.15, 0.2) is 0 Å². The van der Waals surface area contributed by atoms with E-state index in [1.54, 1.807) is 7.11 Å². The number of hydrogen-bond donors (Lipinski definition) is 0. The lowest BCUT2D eigenvalue weighted by Gasteiger charge is -2.25. The predicted molar refractivity (Wildman–Crippen MR) is 49.0 cm³/mol. The largest absolute Gasteiger partial charge is 0.383 e. The van der Waals surface area contributed by atoms with E-state index in [4.69, 9.17) is 4.74 Å². The second kappa shape index (κ2) is 7.10. The lowest BCUT2D eigenvalue weighted by atomic mass is 10.1. The first-order chi connectivity index (χ1) is 5.79. The number of nitrogens with zero attached hydrogens (tertiary/aromatic N) is 1. The fraction of sp³-hybridized carbons (Fsp3) is 0.889. The summed E-state index contributed by atoms with van der Waals surface area (Å²) < 4.78 is 4.91. The molecule has 0 fully saturated rings. The molecule has 0 aromatic carbocycles. The molecule has 0 saturated carbocycles. The van der Waals surface area contributed by atoms with Crippen LogP contribution >= 0.6 is 0 Å². The molecule has 3 nitrogen and oxygen atoms in total. The van der Waals surface area contributed by atoms with Crippen LogP contribution in [0, 0.1) is 0 Å². The fourth-order valence-electron chi connectivity index (χ4n) is 1.28. The number of methoxy groups -OCH3 is 1. The van der Waals surface area contributed by atoms with Crippen molar-refractivity contribution >= 4 is 6.41 Å². The van der Waals surface area contributed by atoms with Gasteiger partial charge in [-0.1, -0.05) is 13.8 Å². The average Bonchev–Trinajstić information content (AvgIpc) is 2.12. The van der Waals surface area contributed by atoms with E-state index in [0.717, 1.165) is 19.3 Å². The van der Waals surface area contributed by atoms with Gasteiger partial charge in [0, 0.05) is 19.7 Å². The molecule has 0 unspecified atom stereocenters. The van der Waals surface area contributed by atoms with Crippen molar-refractivity contribution < 1.29 is 9.53 Å². The van der Waals surface area contributed by atoms with Crippen LogP contribution in [0.3, 0.4) is 0 Å². The normalized spacial score (nSPS) is 10.3. The minimum atomic E-state index is 0.373. The Hall–Kier alpha value is -0.570. The molecule has 0 aromatic heterocycles. The lowest BCUT2D eigenvalue weighted by molar-refractivity contribution is -0.121. The maximum atomic E-state index is 10.6. The molecule has 0 aliphatic rings. The van der Waals surface area contributed by atoms with E-state index in [0.29, 0.717) is 19.2 Å². The van der Waals surface area contributed by atoms with Crippen molar-refractivity contribution in [3.05, 3.63) is 0 Å². The molecule has 0 aliphatic heterocycles. The predicted octanol–water partition coefficient (Wildman–Crippen LogP) is 1.28. The third-order valence-corrected chi connectivity index (χ3v) is 2.10. The molecule has 0 aromatic rings. The quantitative estimate of drug-likeness (QED) is 0.543. The van der Waals surface area contributed by atoms with Gasteiger partial charge in [-0.2, -0.15) is 0 Å². The molecule has 3 heteroatoms. The molecule has 12 heavy (non-hydrogen) atoms. The van der Waals surface area contributed by atoms with Crippen LogP contribution in [0.5, 0.6) is 0 Å². The van der Waals surface area contributed by atoms with Crippen LogP contribution in [0.1, 0.15) is 26.7 Å². The van der Waals surface area contributed by atoms with Gasteiger partial charge in [0.1, 0.15) is 0 Å². The first-order valence-corrected chi connectivity index (χ1v) is 4.50. The van der Waals surface area contributed by atoms with Crippen LogP contribution in [0.15, 0.2) is 0 Å². The van der Waals surface area contributed by atoms with Gasteiger partial charge < -0.3 is 9.64 Å². The first kappa shape index (κ1) is 11.4. The maximum absolute atomic E-state index is 10.6. The summed E-state index contributed by atoms with van der Waals surface area (Å²) >= 11 is 0. The Morgan fingerprint density at radius 3 is 2.33 bits per heavy atom. The Kier molecular flexibility index (Phi) is 6.76. The van der Waals surface area contributed by atoms with Crippen molar-refractivity contribution in [2.45, 2.75) is 32.7 Å². The zero-order valence-corrected chi connectivity index (χ0v) is 8.25. The van der Waals surface area contributed by atoms with Crippen LogP contribution in [-0.2, 0) is 9.53 Å². The van der Waals surface area contributed by atoms with E-state index in [1.165, 1.54) is 0 Å². The van der Waals surface area contributed by atoms with Gasteiger partial charge in [0.2, 0.25) is 6.41 Å². The molecular formula is C9H19NO2. The van der Waals surface area contributed by atoms with Crippen molar-refractivity contribution in [2.75, 3.05) is 20.3 Å². The molecule has 0 bridgehead atoms. The van der Waals surface area contributed by atoms with Gasteiger partial charge in [-0.05, 0) is 12.8 Å². The molecule has 0 rings (SSSR count). The minimum absolute atomic E-state index is 0.373. The number of rotatable bonds is 7. The van der Waals surface area contributed by atoms with Crippen molar-refractivity contribution in [1.29, 1.82) is 0 Å². The summed E-state index contributed by atoms with van der Waals surface area (Å²) in [7, 11) is 1.65. The number of carbonyl (C=O) groups is 1. The summed E-state index contributed by atoms with van der Waals surface area (Å²) in [5, 5.41) is 0. The van der Waals surface area contributed by atoms with Crippen molar-refractivity contribution in [1.82, 2.24) is 4.90 Å². The third-order valence-electron chi connectivity index (χ3n) is 2.10. The monoisotopic (exact) mass is 173 g/mol. The summed E-state index contributed by atoms with van der Waals surface area (Å²) in [6.45, 7) is 5.51. The highest BCUT2D eigenvalue weighted by Gasteiger charge is 2.11. The summed E-state index contributed by atoms with van der Waals surface area (Å²) in [5.41, 5.74) is 0. The van der Waals surface area contributed by atoms with Crippen LogP contribution in [-0.4, -0.2) is 37.6 Å². The Bertz CT molecular complexity index is 113. The average molecular weight is 173 g/mol. The smallest absolute Gasteiger partial charge is 0.210 e.